The van der Waals surface area contributed by atoms with E-state index in [1.54, 1.807) is 23.6 Å². The van der Waals surface area contributed by atoms with Crippen LogP contribution in [0.3, 0.4) is 0 Å². The first-order chi connectivity index (χ1) is 11.7. The molecule has 0 aliphatic carbocycles. The Morgan fingerprint density at radius 2 is 1.56 bits per heavy atom. The number of hydrogen-bond donors (Lipinski definition) is 3. The maximum Gasteiger partial charge on any atom is 0.272 e. The van der Waals surface area contributed by atoms with Gasteiger partial charge in [-0.3, -0.25) is 25.2 Å². The molecule has 0 atom stereocenters. The van der Waals surface area contributed by atoms with E-state index in [0.717, 1.165) is 5.56 Å². The summed E-state index contributed by atoms with van der Waals surface area (Å²) in [7, 11) is 0. The van der Waals surface area contributed by atoms with Gasteiger partial charge in [0, 0.05) is 12.5 Å². The number of thiophene rings is 1. The zero-order chi connectivity index (χ0) is 18.6. The largest absolute Gasteiger partial charge is 0.313 e. The molecule has 2 rings (SSSR count). The molecular weight excluding hydrogens is 338 g/mol. The van der Waals surface area contributed by atoms with Crippen LogP contribution in [0.1, 0.15) is 54.0 Å². The van der Waals surface area contributed by atoms with E-state index in [1.165, 1.54) is 18.3 Å². The standard InChI is InChI=1S/C18H21N3O3S/c1-11(22)20-21-16(24)14-9-10-25-17(14)19-15(23)12-5-7-13(8-6-12)18(2,3)4/h5-10H,1-4H3,(H,19,23)(H,20,22)(H,21,24). The van der Waals surface area contributed by atoms with Gasteiger partial charge in [0.05, 0.1) is 5.56 Å². The van der Waals surface area contributed by atoms with Crippen molar-refractivity contribution >= 4 is 34.1 Å². The molecule has 0 aliphatic rings. The maximum absolute atomic E-state index is 12.4. The predicted molar refractivity (Wildman–Crippen MR) is 98.7 cm³/mol. The number of carbonyl (C=O) groups excluding carboxylic acids is 3. The molecule has 0 radical (unpaired) electrons. The molecule has 7 heteroatoms. The first-order valence-electron chi connectivity index (χ1n) is 7.75. The van der Waals surface area contributed by atoms with Crippen molar-refractivity contribution in [3.63, 3.8) is 0 Å². The lowest BCUT2D eigenvalue weighted by atomic mass is 9.87. The summed E-state index contributed by atoms with van der Waals surface area (Å²) in [5, 5.41) is 4.86. The van der Waals surface area contributed by atoms with Crippen LogP contribution in [0.25, 0.3) is 0 Å². The van der Waals surface area contributed by atoms with Crippen LogP contribution in [0.15, 0.2) is 35.7 Å². The van der Waals surface area contributed by atoms with E-state index in [4.69, 9.17) is 0 Å². The minimum Gasteiger partial charge on any atom is -0.313 e. The Hall–Kier alpha value is -2.67. The van der Waals surface area contributed by atoms with Gasteiger partial charge in [0.1, 0.15) is 5.00 Å². The van der Waals surface area contributed by atoms with Gasteiger partial charge in [-0.15, -0.1) is 11.3 Å². The number of carbonyl (C=O) groups is 3. The van der Waals surface area contributed by atoms with Gasteiger partial charge in [0.2, 0.25) is 5.91 Å². The van der Waals surface area contributed by atoms with Crippen molar-refractivity contribution in [2.45, 2.75) is 33.1 Å². The summed E-state index contributed by atoms with van der Waals surface area (Å²) < 4.78 is 0. The Labute approximate surface area is 150 Å². The average molecular weight is 359 g/mol. The third-order valence-corrected chi connectivity index (χ3v) is 4.33. The number of nitrogens with one attached hydrogen (secondary N) is 3. The summed E-state index contributed by atoms with van der Waals surface area (Å²) in [4.78, 5) is 35.3. The number of hydrazine groups is 1. The highest BCUT2D eigenvalue weighted by atomic mass is 32.1. The number of hydrogen-bond acceptors (Lipinski definition) is 4. The molecule has 0 saturated heterocycles. The predicted octanol–water partition coefficient (Wildman–Crippen LogP) is 3.08. The van der Waals surface area contributed by atoms with Crippen molar-refractivity contribution in [3.05, 3.63) is 52.4 Å². The van der Waals surface area contributed by atoms with Gasteiger partial charge in [-0.1, -0.05) is 32.9 Å². The summed E-state index contributed by atoms with van der Waals surface area (Å²) in [6.07, 6.45) is 0. The zero-order valence-electron chi connectivity index (χ0n) is 14.6. The second-order valence-corrected chi connectivity index (χ2v) is 7.50. The van der Waals surface area contributed by atoms with E-state index < -0.39 is 5.91 Å². The molecule has 0 aliphatic heterocycles. The fraction of sp³-hybridized carbons (Fsp3) is 0.278. The summed E-state index contributed by atoms with van der Waals surface area (Å²) in [6, 6.07) is 8.96. The lowest BCUT2D eigenvalue weighted by molar-refractivity contribution is -0.119. The molecule has 1 aromatic heterocycles. The first kappa shape index (κ1) is 18.7. The fourth-order valence-electron chi connectivity index (χ4n) is 2.09. The molecule has 0 spiro atoms. The Balaban J connectivity index is 2.10. The Morgan fingerprint density at radius 1 is 0.920 bits per heavy atom. The zero-order valence-corrected chi connectivity index (χ0v) is 15.4. The van der Waals surface area contributed by atoms with Crippen LogP contribution in [0.4, 0.5) is 5.00 Å². The van der Waals surface area contributed by atoms with E-state index in [9.17, 15) is 14.4 Å². The van der Waals surface area contributed by atoms with E-state index in [0.29, 0.717) is 16.1 Å². The molecular formula is C18H21N3O3S. The van der Waals surface area contributed by atoms with Crippen molar-refractivity contribution in [1.82, 2.24) is 10.9 Å². The molecule has 0 fully saturated rings. The van der Waals surface area contributed by atoms with E-state index >= 15 is 0 Å². The lowest BCUT2D eigenvalue weighted by Crippen LogP contribution is -2.40. The minimum absolute atomic E-state index is 0.0116. The van der Waals surface area contributed by atoms with Crippen LogP contribution in [0.5, 0.6) is 0 Å². The van der Waals surface area contributed by atoms with Crippen molar-refractivity contribution in [1.29, 1.82) is 0 Å². The van der Waals surface area contributed by atoms with E-state index in [1.807, 2.05) is 12.1 Å². The highest BCUT2D eigenvalue weighted by Crippen LogP contribution is 2.25. The summed E-state index contributed by atoms with van der Waals surface area (Å²) in [6.45, 7) is 7.60. The van der Waals surface area contributed by atoms with Crippen molar-refractivity contribution in [3.8, 4) is 0 Å². The van der Waals surface area contributed by atoms with Crippen LogP contribution in [-0.4, -0.2) is 17.7 Å². The summed E-state index contributed by atoms with van der Waals surface area (Å²) >= 11 is 1.24. The molecule has 3 N–H and O–H groups in total. The minimum atomic E-state index is -0.491. The smallest absolute Gasteiger partial charge is 0.272 e. The van der Waals surface area contributed by atoms with Gasteiger partial charge in [0.15, 0.2) is 0 Å². The van der Waals surface area contributed by atoms with Gasteiger partial charge in [-0.05, 0) is 34.6 Å². The third kappa shape index (κ3) is 4.90. The van der Waals surface area contributed by atoms with Crippen molar-refractivity contribution in [2.75, 3.05) is 5.32 Å². The molecule has 1 heterocycles. The second-order valence-electron chi connectivity index (χ2n) is 6.58. The molecule has 1 aromatic carbocycles. The average Bonchev–Trinajstić information content (AvgIpc) is 3.00. The Bertz CT molecular complexity index is 789. The number of anilines is 1. The van der Waals surface area contributed by atoms with Crippen molar-refractivity contribution in [2.24, 2.45) is 0 Å². The number of amides is 3. The number of rotatable bonds is 3. The highest BCUT2D eigenvalue weighted by molar-refractivity contribution is 7.14. The molecule has 0 bridgehead atoms. The highest BCUT2D eigenvalue weighted by Gasteiger charge is 2.17. The maximum atomic E-state index is 12.4. The van der Waals surface area contributed by atoms with Crippen LogP contribution < -0.4 is 16.2 Å². The molecule has 0 unspecified atom stereocenters. The monoisotopic (exact) mass is 359 g/mol. The van der Waals surface area contributed by atoms with Gasteiger partial charge in [-0.2, -0.15) is 0 Å². The van der Waals surface area contributed by atoms with Crippen LogP contribution in [0, 0.1) is 0 Å². The number of benzene rings is 1. The van der Waals surface area contributed by atoms with Crippen molar-refractivity contribution < 1.29 is 14.4 Å². The second kappa shape index (κ2) is 7.48. The molecule has 2 aromatic rings. The third-order valence-electron chi connectivity index (χ3n) is 3.50. The topological polar surface area (TPSA) is 87.3 Å². The molecule has 0 saturated carbocycles. The molecule has 132 valence electrons. The SMILES string of the molecule is CC(=O)NNC(=O)c1ccsc1NC(=O)c1ccc(C(C)(C)C)cc1. The quantitative estimate of drug-likeness (QED) is 0.736. The van der Waals surface area contributed by atoms with E-state index in [2.05, 4.69) is 36.9 Å². The van der Waals surface area contributed by atoms with Gasteiger partial charge in [-0.25, -0.2) is 0 Å². The lowest BCUT2D eigenvalue weighted by Gasteiger charge is -2.19. The van der Waals surface area contributed by atoms with E-state index in [-0.39, 0.29) is 17.2 Å². The van der Waals surface area contributed by atoms with Crippen LogP contribution in [0.2, 0.25) is 0 Å². The van der Waals surface area contributed by atoms with Gasteiger partial charge < -0.3 is 5.32 Å². The van der Waals surface area contributed by atoms with Gasteiger partial charge in [0.25, 0.3) is 11.8 Å². The molecule has 25 heavy (non-hydrogen) atoms. The summed E-state index contributed by atoms with van der Waals surface area (Å²) in [5.41, 5.74) is 6.44. The molecule has 6 nitrogen and oxygen atoms in total. The fourth-order valence-corrected chi connectivity index (χ4v) is 2.87. The van der Waals surface area contributed by atoms with Crippen LogP contribution >= 0.6 is 11.3 Å². The Morgan fingerprint density at radius 3 is 2.12 bits per heavy atom. The molecule has 3 amide bonds. The normalized spacial score (nSPS) is 10.9. The summed E-state index contributed by atoms with van der Waals surface area (Å²) in [5.74, 6) is -1.17. The first-order valence-corrected chi connectivity index (χ1v) is 8.63. The Kier molecular flexibility index (Phi) is 5.58. The van der Waals surface area contributed by atoms with Gasteiger partial charge >= 0.3 is 0 Å². The van der Waals surface area contributed by atoms with Crippen LogP contribution in [-0.2, 0) is 10.2 Å².